The maximum atomic E-state index is 7.09. The van der Waals surface area contributed by atoms with Gasteiger partial charge in [-0.2, -0.15) is 0 Å². The molecule has 1 N–H and O–H groups in total. The molecule has 0 spiro atoms. The standard InChI is InChI=1S/C10H13N/c1-8-5-3-4-6-10(8)9(2)7-11/h3-8,11H,1-2H3/b10-9-,11-7?. The van der Waals surface area contributed by atoms with Crippen LogP contribution in [0.3, 0.4) is 0 Å². The average Bonchev–Trinajstić information content (AvgIpc) is 2.04. The molecule has 0 aromatic carbocycles. The SMILES string of the molecule is C/C(C=N)=C1\C=CC=CC1C. The molecule has 0 saturated heterocycles. The first kappa shape index (κ1) is 7.99. The third-order valence-corrected chi connectivity index (χ3v) is 1.95. The second-order valence-electron chi connectivity index (χ2n) is 2.82. The van der Waals surface area contributed by atoms with Crippen LogP contribution in [0.15, 0.2) is 35.5 Å². The van der Waals surface area contributed by atoms with Crippen LogP contribution in [0.25, 0.3) is 0 Å². The topological polar surface area (TPSA) is 23.9 Å². The van der Waals surface area contributed by atoms with Crippen LogP contribution >= 0.6 is 0 Å². The van der Waals surface area contributed by atoms with Crippen LogP contribution in [0.2, 0.25) is 0 Å². The highest BCUT2D eigenvalue weighted by atomic mass is 14.3. The van der Waals surface area contributed by atoms with E-state index in [1.165, 1.54) is 11.8 Å². The predicted octanol–water partition coefficient (Wildman–Crippen LogP) is 2.71. The van der Waals surface area contributed by atoms with Gasteiger partial charge in [-0.1, -0.05) is 31.2 Å². The molecule has 0 fully saturated rings. The molecule has 1 atom stereocenters. The van der Waals surface area contributed by atoms with Crippen molar-refractivity contribution in [1.29, 1.82) is 5.41 Å². The zero-order valence-electron chi connectivity index (χ0n) is 6.96. The van der Waals surface area contributed by atoms with Gasteiger partial charge in [-0.25, -0.2) is 0 Å². The molecule has 1 aliphatic carbocycles. The Kier molecular flexibility index (Phi) is 2.42. The Balaban J connectivity index is 2.97. The molecule has 0 aromatic heterocycles. The van der Waals surface area contributed by atoms with Gasteiger partial charge in [0.1, 0.15) is 0 Å². The van der Waals surface area contributed by atoms with Crippen molar-refractivity contribution in [2.45, 2.75) is 13.8 Å². The van der Waals surface area contributed by atoms with Gasteiger partial charge in [0.05, 0.1) is 0 Å². The fourth-order valence-corrected chi connectivity index (χ4v) is 1.22. The van der Waals surface area contributed by atoms with Crippen LogP contribution in [0, 0.1) is 11.3 Å². The van der Waals surface area contributed by atoms with Crippen LogP contribution in [0.1, 0.15) is 13.8 Å². The predicted molar refractivity (Wildman–Crippen MR) is 48.9 cm³/mol. The van der Waals surface area contributed by atoms with Gasteiger partial charge in [0.2, 0.25) is 0 Å². The molecule has 0 aromatic rings. The smallest absolute Gasteiger partial charge is 0.0209 e. The molecule has 1 unspecified atom stereocenters. The molecule has 0 aliphatic heterocycles. The summed E-state index contributed by atoms with van der Waals surface area (Å²) in [4.78, 5) is 0. The van der Waals surface area contributed by atoms with Crippen LogP contribution in [-0.2, 0) is 0 Å². The van der Waals surface area contributed by atoms with E-state index in [9.17, 15) is 0 Å². The van der Waals surface area contributed by atoms with Gasteiger partial charge in [0, 0.05) is 6.21 Å². The normalized spacial score (nSPS) is 26.9. The summed E-state index contributed by atoms with van der Waals surface area (Å²) in [6, 6.07) is 0. The Morgan fingerprint density at radius 2 is 2.27 bits per heavy atom. The number of nitrogens with one attached hydrogen (secondary N) is 1. The quantitative estimate of drug-likeness (QED) is 0.551. The highest BCUT2D eigenvalue weighted by Crippen LogP contribution is 2.20. The first-order valence-electron chi connectivity index (χ1n) is 3.82. The van der Waals surface area contributed by atoms with E-state index in [-0.39, 0.29) is 0 Å². The van der Waals surface area contributed by atoms with Crippen molar-refractivity contribution in [2.75, 3.05) is 0 Å². The van der Waals surface area contributed by atoms with Gasteiger partial charge >= 0.3 is 0 Å². The van der Waals surface area contributed by atoms with Gasteiger partial charge < -0.3 is 5.41 Å². The lowest BCUT2D eigenvalue weighted by Crippen LogP contribution is -1.99. The molecular weight excluding hydrogens is 134 g/mol. The van der Waals surface area contributed by atoms with Gasteiger partial charge in [-0.15, -0.1) is 0 Å². The van der Waals surface area contributed by atoms with Crippen molar-refractivity contribution in [2.24, 2.45) is 5.92 Å². The Labute approximate surface area is 67.6 Å². The molecule has 1 nitrogen and oxygen atoms in total. The summed E-state index contributed by atoms with van der Waals surface area (Å²) >= 11 is 0. The Morgan fingerprint density at radius 3 is 2.82 bits per heavy atom. The van der Waals surface area contributed by atoms with E-state index in [0.717, 1.165) is 5.57 Å². The molecular formula is C10H13N. The van der Waals surface area contributed by atoms with Crippen molar-refractivity contribution in [3.05, 3.63) is 35.5 Å². The zero-order chi connectivity index (χ0) is 8.27. The molecule has 58 valence electrons. The maximum absolute atomic E-state index is 7.09. The number of allylic oxidation sites excluding steroid dienone is 6. The Hall–Kier alpha value is -1.11. The van der Waals surface area contributed by atoms with Crippen molar-refractivity contribution in [1.82, 2.24) is 0 Å². The van der Waals surface area contributed by atoms with Crippen LogP contribution in [-0.4, -0.2) is 6.21 Å². The first-order valence-corrected chi connectivity index (χ1v) is 3.82. The minimum Gasteiger partial charge on any atom is -0.308 e. The average molecular weight is 147 g/mol. The number of hydrogen-bond donors (Lipinski definition) is 1. The van der Waals surface area contributed by atoms with Crippen molar-refractivity contribution >= 4 is 6.21 Å². The highest BCUT2D eigenvalue weighted by molar-refractivity contribution is 5.77. The fourth-order valence-electron chi connectivity index (χ4n) is 1.22. The van der Waals surface area contributed by atoms with E-state index in [1.54, 1.807) is 0 Å². The minimum absolute atomic E-state index is 0.460. The summed E-state index contributed by atoms with van der Waals surface area (Å²) in [5.74, 6) is 0.460. The molecule has 11 heavy (non-hydrogen) atoms. The van der Waals surface area contributed by atoms with E-state index in [1.807, 2.05) is 19.1 Å². The zero-order valence-corrected chi connectivity index (χ0v) is 6.96. The Morgan fingerprint density at radius 1 is 1.55 bits per heavy atom. The van der Waals surface area contributed by atoms with Gasteiger partial charge in [0.15, 0.2) is 0 Å². The summed E-state index contributed by atoms with van der Waals surface area (Å²) in [5.41, 5.74) is 2.31. The van der Waals surface area contributed by atoms with Crippen LogP contribution in [0.4, 0.5) is 0 Å². The lowest BCUT2D eigenvalue weighted by molar-refractivity contribution is 0.875. The van der Waals surface area contributed by atoms with E-state index >= 15 is 0 Å². The Bertz CT molecular complexity index is 244. The molecule has 0 amide bonds. The summed E-state index contributed by atoms with van der Waals surface area (Å²) in [6.45, 7) is 4.12. The molecule has 0 bridgehead atoms. The van der Waals surface area contributed by atoms with Gasteiger partial charge in [-0.05, 0) is 24.0 Å². The highest BCUT2D eigenvalue weighted by Gasteiger charge is 2.06. The van der Waals surface area contributed by atoms with E-state index in [2.05, 4.69) is 19.1 Å². The number of rotatable bonds is 1. The van der Waals surface area contributed by atoms with Crippen LogP contribution < -0.4 is 0 Å². The number of hydrogen-bond acceptors (Lipinski definition) is 1. The van der Waals surface area contributed by atoms with Crippen molar-refractivity contribution < 1.29 is 0 Å². The third-order valence-electron chi connectivity index (χ3n) is 1.95. The monoisotopic (exact) mass is 147 g/mol. The molecule has 1 heteroatoms. The molecule has 0 saturated carbocycles. The van der Waals surface area contributed by atoms with E-state index in [4.69, 9.17) is 5.41 Å². The molecule has 0 radical (unpaired) electrons. The molecule has 0 heterocycles. The van der Waals surface area contributed by atoms with E-state index in [0.29, 0.717) is 5.92 Å². The molecule has 1 aliphatic rings. The van der Waals surface area contributed by atoms with Crippen molar-refractivity contribution in [3.8, 4) is 0 Å². The maximum Gasteiger partial charge on any atom is 0.0209 e. The largest absolute Gasteiger partial charge is 0.308 e. The second kappa shape index (κ2) is 3.33. The minimum atomic E-state index is 0.460. The summed E-state index contributed by atoms with van der Waals surface area (Å²) in [7, 11) is 0. The second-order valence-corrected chi connectivity index (χ2v) is 2.82. The first-order chi connectivity index (χ1) is 5.25. The van der Waals surface area contributed by atoms with Crippen molar-refractivity contribution in [3.63, 3.8) is 0 Å². The van der Waals surface area contributed by atoms with Crippen LogP contribution in [0.5, 0.6) is 0 Å². The summed E-state index contributed by atoms with van der Waals surface area (Å²) in [5, 5.41) is 7.09. The van der Waals surface area contributed by atoms with E-state index < -0.39 is 0 Å². The van der Waals surface area contributed by atoms with Gasteiger partial charge in [0.25, 0.3) is 0 Å². The molecule has 1 rings (SSSR count). The van der Waals surface area contributed by atoms with Gasteiger partial charge in [-0.3, -0.25) is 0 Å². The lowest BCUT2D eigenvalue weighted by Gasteiger charge is -2.12. The third kappa shape index (κ3) is 1.67. The lowest BCUT2D eigenvalue weighted by atomic mass is 9.93. The summed E-state index contributed by atoms with van der Waals surface area (Å²) < 4.78 is 0. The summed E-state index contributed by atoms with van der Waals surface area (Å²) in [6.07, 6.45) is 9.69. The fraction of sp³-hybridized carbons (Fsp3) is 0.300.